The zero-order valence-corrected chi connectivity index (χ0v) is 29.0. The minimum absolute atomic E-state index is 0.598. The SMILES string of the molecule is C=C/C=C\C(=C/C)CN.N/C=C/C=C/c1c(\C=C/C=C\C=C\C=C\Cc2ccccc2)oc2c1ccc1c3cc(-c4ccccc4)ccc3oc12. The van der Waals surface area contributed by atoms with Gasteiger partial charge in [0.2, 0.25) is 0 Å². The average molecular weight is 669 g/mol. The lowest BCUT2D eigenvalue weighted by Crippen LogP contribution is -1.99. The molecule has 4 nitrogen and oxygen atoms in total. The molecule has 0 spiro atoms. The van der Waals surface area contributed by atoms with E-state index in [4.69, 9.17) is 20.3 Å². The van der Waals surface area contributed by atoms with Crippen LogP contribution in [0.25, 0.3) is 56.2 Å². The highest BCUT2D eigenvalue weighted by molar-refractivity contribution is 6.15. The lowest BCUT2D eigenvalue weighted by Gasteiger charge is -2.01. The Labute approximate surface area is 300 Å². The van der Waals surface area contributed by atoms with Crippen LogP contribution in [0.5, 0.6) is 0 Å². The van der Waals surface area contributed by atoms with E-state index in [0.29, 0.717) is 6.54 Å². The summed E-state index contributed by atoms with van der Waals surface area (Å²) in [5, 5.41) is 3.08. The standard InChI is InChI=1S/C39H31NO2.C8H13N/c40-27-15-14-21-32-33-24-25-34-35-28-31(30-19-11-7-12-20-30)23-26-37(35)42-39(34)38(33)41-36(32)22-13-5-3-1-2-4-8-16-29-17-9-6-10-18-29;1-3-5-6-8(4-2)7-9/h1-15,17-28H,16,40H2;3-6H,1,7,9H2,2H3/b2-1+,5-3-,8-4+,21-14+,22-13-,27-15+;6-5-,8-4+. The molecule has 0 unspecified atom stereocenters. The molecule has 0 aliphatic heterocycles. The number of hydrogen-bond acceptors (Lipinski definition) is 4. The third kappa shape index (κ3) is 9.63. The monoisotopic (exact) mass is 668 g/mol. The van der Waals surface area contributed by atoms with Gasteiger partial charge in [-0.1, -0.05) is 152 Å². The van der Waals surface area contributed by atoms with Crippen molar-refractivity contribution in [1.82, 2.24) is 0 Å². The number of benzene rings is 4. The van der Waals surface area contributed by atoms with Gasteiger partial charge < -0.3 is 20.3 Å². The van der Waals surface area contributed by atoms with Crippen LogP contribution in [-0.4, -0.2) is 6.54 Å². The molecule has 4 heteroatoms. The van der Waals surface area contributed by atoms with E-state index in [9.17, 15) is 0 Å². The maximum atomic E-state index is 6.44. The van der Waals surface area contributed by atoms with Crippen LogP contribution in [0.4, 0.5) is 0 Å². The fourth-order valence-electron chi connectivity index (χ4n) is 5.52. The Morgan fingerprint density at radius 2 is 1.35 bits per heavy atom. The molecule has 0 amide bonds. The van der Waals surface area contributed by atoms with Crippen molar-refractivity contribution in [2.45, 2.75) is 13.3 Å². The molecule has 0 radical (unpaired) electrons. The molecule has 6 aromatic rings. The predicted octanol–water partition coefficient (Wildman–Crippen LogP) is 12.0. The van der Waals surface area contributed by atoms with Crippen LogP contribution in [0.3, 0.4) is 0 Å². The van der Waals surface area contributed by atoms with Gasteiger partial charge >= 0.3 is 0 Å². The van der Waals surface area contributed by atoms with E-state index in [0.717, 1.165) is 61.8 Å². The van der Waals surface area contributed by atoms with Crippen molar-refractivity contribution in [3.8, 4) is 11.1 Å². The van der Waals surface area contributed by atoms with E-state index in [-0.39, 0.29) is 0 Å². The number of hydrogen-bond donors (Lipinski definition) is 2. The summed E-state index contributed by atoms with van der Waals surface area (Å²) >= 11 is 0. The second-order valence-electron chi connectivity index (χ2n) is 11.5. The van der Waals surface area contributed by atoms with Crippen molar-refractivity contribution >= 4 is 45.1 Å². The largest absolute Gasteiger partial charge is 0.452 e. The summed E-state index contributed by atoms with van der Waals surface area (Å²) in [7, 11) is 0. The third-order valence-corrected chi connectivity index (χ3v) is 8.14. The van der Waals surface area contributed by atoms with Crippen LogP contribution in [-0.2, 0) is 6.42 Å². The lowest BCUT2D eigenvalue weighted by molar-refractivity contribution is 0.590. The van der Waals surface area contributed by atoms with Crippen molar-refractivity contribution < 1.29 is 8.83 Å². The van der Waals surface area contributed by atoms with Gasteiger partial charge in [-0.15, -0.1) is 0 Å². The summed E-state index contributed by atoms with van der Waals surface area (Å²) in [4.78, 5) is 0. The van der Waals surface area contributed by atoms with Gasteiger partial charge in [0.25, 0.3) is 0 Å². The molecule has 0 aliphatic carbocycles. The average Bonchev–Trinajstić information content (AvgIpc) is 3.73. The van der Waals surface area contributed by atoms with E-state index in [1.807, 2.05) is 92.0 Å². The van der Waals surface area contributed by atoms with Gasteiger partial charge in [0, 0.05) is 28.3 Å². The van der Waals surface area contributed by atoms with Crippen molar-refractivity contribution in [2.75, 3.05) is 6.54 Å². The Balaban J connectivity index is 0.000000496. The third-order valence-electron chi connectivity index (χ3n) is 8.14. The van der Waals surface area contributed by atoms with Crippen LogP contribution in [0.1, 0.15) is 23.8 Å². The lowest BCUT2D eigenvalue weighted by atomic mass is 10.0. The second kappa shape index (κ2) is 19.0. The summed E-state index contributed by atoms with van der Waals surface area (Å²) in [5.74, 6) is 0.751. The van der Waals surface area contributed by atoms with Gasteiger partial charge in [-0.3, -0.25) is 0 Å². The molecule has 0 atom stereocenters. The van der Waals surface area contributed by atoms with Gasteiger partial charge in [-0.25, -0.2) is 0 Å². The summed E-state index contributed by atoms with van der Waals surface area (Å²) < 4.78 is 12.8. The first-order chi connectivity index (χ1) is 25.2. The Morgan fingerprint density at radius 1 is 0.667 bits per heavy atom. The fraction of sp³-hybridized carbons (Fsp3) is 0.0638. The number of fused-ring (bicyclic) bond motifs is 5. The summed E-state index contributed by atoms with van der Waals surface area (Å²) in [6, 6.07) is 31.4. The van der Waals surface area contributed by atoms with Crippen molar-refractivity contribution in [1.29, 1.82) is 0 Å². The molecule has 2 heterocycles. The Kier molecular flexibility index (Phi) is 13.4. The first kappa shape index (κ1) is 35.9. The fourth-order valence-corrected chi connectivity index (χ4v) is 5.52. The van der Waals surface area contributed by atoms with Crippen LogP contribution < -0.4 is 11.5 Å². The van der Waals surface area contributed by atoms with Gasteiger partial charge in [0.1, 0.15) is 11.3 Å². The molecule has 0 saturated heterocycles. The van der Waals surface area contributed by atoms with Gasteiger partial charge in [0.15, 0.2) is 11.2 Å². The highest BCUT2D eigenvalue weighted by atomic mass is 16.4. The van der Waals surface area contributed by atoms with E-state index >= 15 is 0 Å². The Morgan fingerprint density at radius 3 is 2.08 bits per heavy atom. The van der Waals surface area contributed by atoms with E-state index in [2.05, 4.69) is 91.5 Å². The highest BCUT2D eigenvalue weighted by Crippen LogP contribution is 2.39. The predicted molar refractivity (Wildman–Crippen MR) is 220 cm³/mol. The molecule has 51 heavy (non-hydrogen) atoms. The van der Waals surface area contributed by atoms with E-state index < -0.39 is 0 Å². The molecule has 0 aliphatic rings. The second-order valence-corrected chi connectivity index (χ2v) is 11.5. The van der Waals surface area contributed by atoms with Crippen LogP contribution >= 0.6 is 0 Å². The molecular weight excluding hydrogens is 625 g/mol. The maximum Gasteiger partial charge on any atom is 0.178 e. The molecule has 2 aromatic heterocycles. The first-order valence-corrected chi connectivity index (χ1v) is 17.0. The van der Waals surface area contributed by atoms with Gasteiger partial charge in [0.05, 0.1) is 0 Å². The zero-order chi connectivity index (χ0) is 35.7. The molecule has 4 aromatic carbocycles. The van der Waals surface area contributed by atoms with Crippen molar-refractivity contribution in [2.24, 2.45) is 11.5 Å². The number of allylic oxidation sites excluding steroid dienone is 12. The van der Waals surface area contributed by atoms with Gasteiger partial charge in [-0.2, -0.15) is 0 Å². The normalized spacial score (nSPS) is 12.8. The smallest absolute Gasteiger partial charge is 0.178 e. The molecule has 254 valence electrons. The first-order valence-electron chi connectivity index (χ1n) is 17.0. The quantitative estimate of drug-likeness (QED) is 0.127. The molecule has 0 fully saturated rings. The van der Waals surface area contributed by atoms with Gasteiger partial charge in [-0.05, 0) is 78.2 Å². The maximum absolute atomic E-state index is 6.44. The number of nitrogens with two attached hydrogens (primary N) is 2. The van der Waals surface area contributed by atoms with Crippen LogP contribution in [0, 0.1) is 0 Å². The van der Waals surface area contributed by atoms with Crippen LogP contribution in [0.15, 0.2) is 197 Å². The highest BCUT2D eigenvalue weighted by Gasteiger charge is 2.18. The number of rotatable bonds is 12. The summed E-state index contributed by atoms with van der Waals surface area (Å²) in [6.07, 6.45) is 31.9. The Bertz CT molecular complexity index is 2290. The van der Waals surface area contributed by atoms with Crippen LogP contribution in [0.2, 0.25) is 0 Å². The molecule has 0 saturated carbocycles. The summed E-state index contributed by atoms with van der Waals surface area (Å²) in [5.41, 5.74) is 19.0. The molecule has 6 rings (SSSR count). The van der Waals surface area contributed by atoms with E-state index in [1.165, 1.54) is 17.3 Å². The Hall–Kier alpha value is -6.36. The molecular formula is C47H44N2O2. The molecule has 4 N–H and O–H groups in total. The molecule has 0 bridgehead atoms. The minimum Gasteiger partial charge on any atom is -0.452 e. The topological polar surface area (TPSA) is 78.3 Å². The minimum atomic E-state index is 0.598. The zero-order valence-electron chi connectivity index (χ0n) is 29.0. The summed E-state index contributed by atoms with van der Waals surface area (Å²) in [6.45, 7) is 6.11. The van der Waals surface area contributed by atoms with E-state index in [1.54, 1.807) is 12.2 Å². The van der Waals surface area contributed by atoms with Crippen molar-refractivity contribution in [3.05, 3.63) is 205 Å². The number of furan rings is 2. The van der Waals surface area contributed by atoms with Crippen molar-refractivity contribution in [3.63, 3.8) is 0 Å².